The fourth-order valence-electron chi connectivity index (χ4n) is 6.68. The average Bonchev–Trinajstić information content (AvgIpc) is 3.44. The van der Waals surface area contributed by atoms with Gasteiger partial charge >= 0.3 is 0 Å². The number of nitrogens with zero attached hydrogens (tertiary/aromatic N) is 1. The summed E-state index contributed by atoms with van der Waals surface area (Å²) in [5, 5.41) is 16.3. The zero-order chi connectivity index (χ0) is 26.5. The number of aryl methyl sites for hydroxylation is 2. The molecule has 3 N–H and O–H groups in total. The lowest BCUT2D eigenvalue weighted by molar-refractivity contribution is -0.141. The van der Waals surface area contributed by atoms with Crippen LogP contribution in [0.4, 0.5) is 11.4 Å². The minimum Gasteiger partial charge on any atom is -0.394 e. The van der Waals surface area contributed by atoms with E-state index < -0.39 is 33.4 Å². The minimum atomic E-state index is -0.775. The molecular weight excluding hydrogens is 486 g/mol. The van der Waals surface area contributed by atoms with E-state index in [1.807, 2.05) is 69.3 Å². The van der Waals surface area contributed by atoms with E-state index in [0.29, 0.717) is 18.5 Å². The van der Waals surface area contributed by atoms with E-state index in [4.69, 9.17) is 0 Å². The molecule has 3 saturated heterocycles. The zero-order valence-electron chi connectivity index (χ0n) is 21.8. The quantitative estimate of drug-likeness (QED) is 0.509. The van der Waals surface area contributed by atoms with Crippen LogP contribution in [-0.2, 0) is 14.4 Å². The van der Waals surface area contributed by atoms with Crippen LogP contribution in [0.3, 0.4) is 0 Å². The van der Waals surface area contributed by atoms with Crippen molar-refractivity contribution in [2.45, 2.75) is 68.5 Å². The number of rotatable bonds is 7. The van der Waals surface area contributed by atoms with Gasteiger partial charge in [0.2, 0.25) is 17.7 Å². The maximum Gasteiger partial charge on any atom is 0.248 e. The van der Waals surface area contributed by atoms with Gasteiger partial charge in [0, 0.05) is 16.1 Å². The molecule has 37 heavy (non-hydrogen) atoms. The SMILES string of the molecule is CC[C@@H](CO)N1C(=O)[C@@H]2[C@H](C(=O)Nc3ccccc3)[C@]3(C)CCC2(S3)C1C(=O)Nc1cc(C)ccc1C. The number of carbonyl (C=O) groups is 3. The number of thioether (sulfide) groups is 1. The van der Waals surface area contributed by atoms with Gasteiger partial charge in [0.25, 0.3) is 0 Å². The lowest BCUT2D eigenvalue weighted by Gasteiger charge is -2.36. The topological polar surface area (TPSA) is 98.7 Å². The Bertz CT molecular complexity index is 1230. The predicted molar refractivity (Wildman–Crippen MR) is 146 cm³/mol. The van der Waals surface area contributed by atoms with Crippen molar-refractivity contribution in [3.63, 3.8) is 0 Å². The molecule has 0 aromatic heterocycles. The van der Waals surface area contributed by atoms with Crippen molar-refractivity contribution in [3.05, 3.63) is 59.7 Å². The summed E-state index contributed by atoms with van der Waals surface area (Å²) in [6.45, 7) is 7.64. The van der Waals surface area contributed by atoms with Gasteiger partial charge in [-0.2, -0.15) is 0 Å². The first-order valence-corrected chi connectivity index (χ1v) is 13.8. The normalized spacial score (nSPS) is 30.8. The molecule has 1 spiro atoms. The Morgan fingerprint density at radius 1 is 1.11 bits per heavy atom. The van der Waals surface area contributed by atoms with Gasteiger partial charge in [0.1, 0.15) is 6.04 Å². The number of carbonyl (C=O) groups excluding carboxylic acids is 3. The molecule has 3 aliphatic rings. The maximum absolute atomic E-state index is 14.2. The van der Waals surface area contributed by atoms with Crippen LogP contribution in [0.1, 0.15) is 44.2 Å². The number of aliphatic hydroxyl groups is 1. The second-order valence-corrected chi connectivity index (χ2v) is 12.8. The minimum absolute atomic E-state index is 0.186. The monoisotopic (exact) mass is 521 g/mol. The Balaban J connectivity index is 1.54. The first-order chi connectivity index (χ1) is 17.6. The van der Waals surface area contributed by atoms with Crippen LogP contribution in [0.15, 0.2) is 48.5 Å². The number of aliphatic hydroxyl groups excluding tert-OH is 1. The molecule has 3 aliphatic heterocycles. The van der Waals surface area contributed by atoms with Gasteiger partial charge < -0.3 is 20.6 Å². The summed E-state index contributed by atoms with van der Waals surface area (Å²) in [5.74, 6) is -1.84. The lowest BCUT2D eigenvalue weighted by Crippen LogP contribution is -2.54. The van der Waals surface area contributed by atoms with E-state index in [0.717, 1.165) is 23.2 Å². The number of anilines is 2. The summed E-state index contributed by atoms with van der Waals surface area (Å²) in [6, 6.07) is 13.9. The van der Waals surface area contributed by atoms with Crippen molar-refractivity contribution < 1.29 is 19.5 Å². The Labute approximate surface area is 222 Å². The molecule has 0 saturated carbocycles. The van der Waals surface area contributed by atoms with Crippen LogP contribution in [0, 0.1) is 25.7 Å². The van der Waals surface area contributed by atoms with Gasteiger partial charge in [-0.25, -0.2) is 0 Å². The van der Waals surface area contributed by atoms with E-state index in [-0.39, 0.29) is 24.3 Å². The molecule has 2 aromatic rings. The number of benzene rings is 2. The molecule has 8 heteroatoms. The summed E-state index contributed by atoms with van der Waals surface area (Å²) in [7, 11) is 0. The Hall–Kier alpha value is -2.84. The molecule has 2 unspecified atom stereocenters. The number of hydrogen-bond donors (Lipinski definition) is 3. The fourth-order valence-corrected chi connectivity index (χ4v) is 9.03. The van der Waals surface area contributed by atoms with Crippen LogP contribution < -0.4 is 10.6 Å². The third kappa shape index (κ3) is 4.05. The first kappa shape index (κ1) is 25.8. The highest BCUT2D eigenvalue weighted by Gasteiger charge is 2.77. The van der Waals surface area contributed by atoms with Crippen molar-refractivity contribution in [2.24, 2.45) is 11.8 Å². The maximum atomic E-state index is 14.2. The van der Waals surface area contributed by atoms with Crippen LogP contribution in [-0.4, -0.2) is 55.9 Å². The highest BCUT2D eigenvalue weighted by Crippen LogP contribution is 2.71. The molecular formula is C29H35N3O4S. The number of likely N-dealkylation sites (tertiary alicyclic amines) is 1. The van der Waals surface area contributed by atoms with E-state index >= 15 is 0 Å². The number of fused-ring (bicyclic) bond motifs is 1. The molecule has 2 aromatic carbocycles. The summed E-state index contributed by atoms with van der Waals surface area (Å²) in [4.78, 5) is 43.6. The van der Waals surface area contributed by atoms with Gasteiger partial charge in [0.15, 0.2) is 0 Å². The van der Waals surface area contributed by atoms with E-state index in [1.54, 1.807) is 16.7 Å². The summed E-state index contributed by atoms with van der Waals surface area (Å²) >= 11 is 1.63. The third-order valence-electron chi connectivity index (χ3n) is 8.51. The third-order valence-corrected chi connectivity index (χ3v) is 10.5. The van der Waals surface area contributed by atoms with E-state index in [2.05, 4.69) is 17.6 Å². The van der Waals surface area contributed by atoms with Crippen molar-refractivity contribution in [1.82, 2.24) is 4.90 Å². The molecule has 7 nitrogen and oxygen atoms in total. The second-order valence-electron chi connectivity index (χ2n) is 10.9. The van der Waals surface area contributed by atoms with Gasteiger partial charge in [0.05, 0.1) is 29.2 Å². The second kappa shape index (κ2) is 9.48. The Morgan fingerprint density at radius 3 is 2.51 bits per heavy atom. The average molecular weight is 522 g/mol. The number of amides is 3. The van der Waals surface area contributed by atoms with Crippen LogP contribution in [0.5, 0.6) is 0 Å². The zero-order valence-corrected chi connectivity index (χ0v) is 22.6. The van der Waals surface area contributed by atoms with Crippen LogP contribution in [0.2, 0.25) is 0 Å². The van der Waals surface area contributed by atoms with Crippen molar-refractivity contribution in [3.8, 4) is 0 Å². The lowest BCUT2D eigenvalue weighted by atomic mass is 9.66. The van der Waals surface area contributed by atoms with Gasteiger partial charge in [-0.15, -0.1) is 11.8 Å². The first-order valence-electron chi connectivity index (χ1n) is 13.0. The molecule has 3 fully saturated rings. The number of hydrogen-bond acceptors (Lipinski definition) is 5. The molecule has 0 aliphatic carbocycles. The van der Waals surface area contributed by atoms with Gasteiger partial charge in [-0.3, -0.25) is 14.4 Å². The van der Waals surface area contributed by atoms with Gasteiger partial charge in [-0.05, 0) is 69.4 Å². The highest BCUT2D eigenvalue weighted by atomic mass is 32.2. The standard InChI is InChI=1S/C29H35N3O4S/c1-5-20(16-33)32-24(26(35)31-21-15-17(2)11-12-18(21)3)29-14-13-28(4,37-29)22(23(29)27(32)36)25(34)30-19-9-7-6-8-10-19/h6-12,15,20,22-24,33H,5,13-14,16H2,1-4H3,(H,30,34)(H,31,35)/t20-,22+,23-,24?,28-,29?/m0/s1. The summed E-state index contributed by atoms with van der Waals surface area (Å²) < 4.78 is -1.18. The largest absolute Gasteiger partial charge is 0.394 e. The molecule has 2 bridgehead atoms. The van der Waals surface area contributed by atoms with Crippen molar-refractivity contribution in [1.29, 1.82) is 0 Å². The van der Waals surface area contributed by atoms with E-state index in [1.165, 1.54) is 0 Å². The molecule has 196 valence electrons. The predicted octanol–water partition coefficient (Wildman–Crippen LogP) is 4.13. The van der Waals surface area contributed by atoms with E-state index in [9.17, 15) is 19.5 Å². The van der Waals surface area contributed by atoms with Crippen molar-refractivity contribution >= 4 is 40.9 Å². The molecule has 3 heterocycles. The van der Waals surface area contributed by atoms with Crippen LogP contribution >= 0.6 is 11.8 Å². The van der Waals surface area contributed by atoms with Crippen LogP contribution in [0.25, 0.3) is 0 Å². The molecule has 5 rings (SSSR count). The Kier molecular flexibility index (Phi) is 6.61. The molecule has 3 amide bonds. The fraction of sp³-hybridized carbons (Fsp3) is 0.483. The smallest absolute Gasteiger partial charge is 0.248 e. The number of nitrogens with one attached hydrogen (secondary N) is 2. The summed E-state index contributed by atoms with van der Waals surface area (Å²) in [6.07, 6.45) is 1.93. The highest BCUT2D eigenvalue weighted by molar-refractivity contribution is 8.02. The number of para-hydroxylation sites is 1. The summed E-state index contributed by atoms with van der Waals surface area (Å²) in [5.41, 5.74) is 3.37. The Morgan fingerprint density at radius 2 is 1.84 bits per heavy atom. The molecule has 0 radical (unpaired) electrons. The molecule has 6 atom stereocenters. The van der Waals surface area contributed by atoms with Crippen molar-refractivity contribution in [2.75, 3.05) is 17.2 Å². The van der Waals surface area contributed by atoms with Gasteiger partial charge in [-0.1, -0.05) is 37.3 Å².